The van der Waals surface area contributed by atoms with E-state index in [9.17, 15) is 4.39 Å². The van der Waals surface area contributed by atoms with Crippen LogP contribution in [0, 0.1) is 5.82 Å². The molecule has 0 aliphatic carbocycles. The van der Waals surface area contributed by atoms with Gasteiger partial charge in [0.1, 0.15) is 5.82 Å². The summed E-state index contributed by atoms with van der Waals surface area (Å²) in [4.78, 5) is 2.47. The lowest BCUT2D eigenvalue weighted by Gasteiger charge is -2.42. The van der Waals surface area contributed by atoms with Gasteiger partial charge in [0.05, 0.1) is 0 Å². The molecule has 0 aromatic heterocycles. The predicted octanol–water partition coefficient (Wildman–Crippen LogP) is 4.07. The molecule has 0 unspecified atom stereocenters. The highest BCUT2D eigenvalue weighted by Crippen LogP contribution is 2.39. The van der Waals surface area contributed by atoms with Crippen LogP contribution in [0.4, 0.5) is 10.1 Å². The lowest BCUT2D eigenvalue weighted by molar-refractivity contribution is 0.159. The SMILES string of the molecule is N[C@H]1CCC2(CCN(Cc3ccc(F)cc3)CC2)Nc2ccccc21. The second-order valence-electron chi connectivity index (χ2n) is 7.54. The number of likely N-dealkylation sites (tertiary alicyclic amines) is 1. The summed E-state index contributed by atoms with van der Waals surface area (Å²) in [6, 6.07) is 15.5. The zero-order chi connectivity index (χ0) is 17.3. The Morgan fingerprint density at radius 2 is 1.76 bits per heavy atom. The molecule has 3 nitrogen and oxygen atoms in total. The summed E-state index contributed by atoms with van der Waals surface area (Å²) in [6.07, 6.45) is 4.39. The zero-order valence-corrected chi connectivity index (χ0v) is 14.5. The summed E-state index contributed by atoms with van der Waals surface area (Å²) in [7, 11) is 0. The molecule has 0 saturated carbocycles. The molecule has 2 aliphatic heterocycles. The van der Waals surface area contributed by atoms with Gasteiger partial charge in [0.2, 0.25) is 0 Å². The molecule has 1 spiro atoms. The van der Waals surface area contributed by atoms with Crippen molar-refractivity contribution in [2.45, 2.75) is 43.8 Å². The second kappa shape index (κ2) is 6.77. The van der Waals surface area contributed by atoms with Crippen LogP contribution >= 0.6 is 0 Å². The maximum absolute atomic E-state index is 13.1. The summed E-state index contributed by atoms with van der Waals surface area (Å²) in [5.74, 6) is -0.168. The molecule has 2 aromatic rings. The highest BCUT2D eigenvalue weighted by atomic mass is 19.1. The molecule has 132 valence electrons. The average molecular weight is 339 g/mol. The van der Waals surface area contributed by atoms with Gasteiger partial charge >= 0.3 is 0 Å². The highest BCUT2D eigenvalue weighted by Gasteiger charge is 2.37. The summed E-state index contributed by atoms with van der Waals surface area (Å²) in [6.45, 7) is 3.01. The largest absolute Gasteiger partial charge is 0.379 e. The number of nitrogens with two attached hydrogens (primary N) is 1. The van der Waals surface area contributed by atoms with Gasteiger partial charge in [0.15, 0.2) is 0 Å². The summed E-state index contributed by atoms with van der Waals surface area (Å²) < 4.78 is 13.1. The predicted molar refractivity (Wildman–Crippen MR) is 99.9 cm³/mol. The molecule has 2 aliphatic rings. The third-order valence-corrected chi connectivity index (χ3v) is 5.83. The quantitative estimate of drug-likeness (QED) is 0.867. The van der Waals surface area contributed by atoms with Crippen LogP contribution in [0.2, 0.25) is 0 Å². The van der Waals surface area contributed by atoms with Crippen molar-refractivity contribution in [3.8, 4) is 0 Å². The number of nitrogens with zero attached hydrogens (tertiary/aromatic N) is 1. The van der Waals surface area contributed by atoms with Gasteiger partial charge in [-0.05, 0) is 55.0 Å². The first kappa shape index (κ1) is 16.6. The fourth-order valence-electron chi connectivity index (χ4n) is 4.23. The number of rotatable bonds is 2. The molecular weight excluding hydrogens is 313 g/mol. The molecule has 0 bridgehead atoms. The van der Waals surface area contributed by atoms with Crippen LogP contribution in [-0.4, -0.2) is 23.5 Å². The average Bonchev–Trinajstić information content (AvgIpc) is 2.77. The standard InChI is InChI=1S/C21H26FN3/c22-17-7-5-16(6-8-17)15-25-13-11-21(12-14-25)10-9-19(23)18-3-1-2-4-20(18)24-21/h1-8,19,24H,9-15,23H2/t19-/m0/s1. The van der Waals surface area contributed by atoms with Gasteiger partial charge in [-0.15, -0.1) is 0 Å². The van der Waals surface area contributed by atoms with E-state index in [1.165, 1.54) is 16.8 Å². The monoisotopic (exact) mass is 339 g/mol. The molecule has 2 aromatic carbocycles. The lowest BCUT2D eigenvalue weighted by atomic mass is 9.83. The van der Waals surface area contributed by atoms with E-state index < -0.39 is 0 Å². The molecule has 0 amide bonds. The van der Waals surface area contributed by atoms with E-state index in [1.54, 1.807) is 12.1 Å². The van der Waals surface area contributed by atoms with Gasteiger partial charge in [0.25, 0.3) is 0 Å². The van der Waals surface area contributed by atoms with E-state index in [1.807, 2.05) is 12.1 Å². The second-order valence-corrected chi connectivity index (χ2v) is 7.54. The molecular formula is C21H26FN3. The fraction of sp³-hybridized carbons (Fsp3) is 0.429. The van der Waals surface area contributed by atoms with Crippen LogP contribution in [0.25, 0.3) is 0 Å². The number of anilines is 1. The van der Waals surface area contributed by atoms with E-state index >= 15 is 0 Å². The molecule has 2 heterocycles. The number of halogens is 1. The van der Waals surface area contributed by atoms with Crippen LogP contribution < -0.4 is 11.1 Å². The Hall–Kier alpha value is -1.91. The first-order chi connectivity index (χ1) is 12.1. The van der Waals surface area contributed by atoms with E-state index in [4.69, 9.17) is 5.73 Å². The summed E-state index contributed by atoms with van der Waals surface area (Å²) >= 11 is 0. The van der Waals surface area contributed by atoms with Gasteiger partial charge in [-0.1, -0.05) is 30.3 Å². The molecule has 4 heteroatoms. The number of benzene rings is 2. The Morgan fingerprint density at radius 1 is 1.04 bits per heavy atom. The molecule has 1 fully saturated rings. The van der Waals surface area contributed by atoms with Gasteiger partial charge in [-0.3, -0.25) is 4.90 Å². The smallest absolute Gasteiger partial charge is 0.123 e. The molecule has 4 rings (SSSR count). The van der Waals surface area contributed by atoms with Crippen molar-refractivity contribution < 1.29 is 4.39 Å². The number of para-hydroxylation sites is 1. The maximum Gasteiger partial charge on any atom is 0.123 e. The first-order valence-electron chi connectivity index (χ1n) is 9.23. The molecule has 1 saturated heterocycles. The Bertz CT molecular complexity index is 720. The van der Waals surface area contributed by atoms with E-state index in [0.717, 1.165) is 45.3 Å². The van der Waals surface area contributed by atoms with Gasteiger partial charge in [-0.2, -0.15) is 0 Å². The van der Waals surface area contributed by atoms with E-state index in [-0.39, 0.29) is 17.4 Å². The number of fused-ring (bicyclic) bond motifs is 1. The van der Waals surface area contributed by atoms with E-state index in [0.29, 0.717) is 0 Å². The van der Waals surface area contributed by atoms with Crippen molar-refractivity contribution in [2.24, 2.45) is 5.73 Å². The zero-order valence-electron chi connectivity index (χ0n) is 14.5. The number of nitrogens with one attached hydrogen (secondary N) is 1. The van der Waals surface area contributed by atoms with Crippen LogP contribution in [0.5, 0.6) is 0 Å². The Morgan fingerprint density at radius 3 is 2.52 bits per heavy atom. The Kier molecular flexibility index (Phi) is 4.48. The van der Waals surface area contributed by atoms with Crippen LogP contribution in [0.3, 0.4) is 0 Å². The minimum atomic E-state index is -0.168. The van der Waals surface area contributed by atoms with Gasteiger partial charge < -0.3 is 11.1 Å². The summed E-state index contributed by atoms with van der Waals surface area (Å²) in [5, 5.41) is 3.84. The fourth-order valence-corrected chi connectivity index (χ4v) is 4.23. The van der Waals surface area contributed by atoms with Crippen molar-refractivity contribution in [3.63, 3.8) is 0 Å². The third-order valence-electron chi connectivity index (χ3n) is 5.83. The lowest BCUT2D eigenvalue weighted by Crippen LogP contribution is -2.48. The molecule has 0 radical (unpaired) electrons. The minimum Gasteiger partial charge on any atom is -0.379 e. The molecule has 1 atom stereocenters. The third kappa shape index (κ3) is 3.55. The van der Waals surface area contributed by atoms with Crippen molar-refractivity contribution in [2.75, 3.05) is 18.4 Å². The van der Waals surface area contributed by atoms with Crippen LogP contribution in [0.1, 0.15) is 42.9 Å². The molecule has 25 heavy (non-hydrogen) atoms. The number of piperidine rings is 1. The van der Waals surface area contributed by atoms with Gasteiger partial charge in [0, 0.05) is 36.9 Å². The van der Waals surface area contributed by atoms with Crippen molar-refractivity contribution in [1.29, 1.82) is 0 Å². The van der Waals surface area contributed by atoms with Crippen molar-refractivity contribution >= 4 is 5.69 Å². The van der Waals surface area contributed by atoms with Crippen molar-refractivity contribution in [1.82, 2.24) is 4.90 Å². The Labute approximate surface area is 149 Å². The first-order valence-corrected chi connectivity index (χ1v) is 9.23. The van der Waals surface area contributed by atoms with Gasteiger partial charge in [-0.25, -0.2) is 4.39 Å². The highest BCUT2D eigenvalue weighted by molar-refractivity contribution is 5.55. The number of hydrogen-bond acceptors (Lipinski definition) is 3. The molecule has 3 N–H and O–H groups in total. The normalized spacial score (nSPS) is 22.9. The van der Waals surface area contributed by atoms with Crippen molar-refractivity contribution in [3.05, 3.63) is 65.5 Å². The van der Waals surface area contributed by atoms with Crippen LogP contribution in [0.15, 0.2) is 48.5 Å². The topological polar surface area (TPSA) is 41.3 Å². The summed E-state index contributed by atoms with van der Waals surface area (Å²) in [5.41, 5.74) is 10.2. The number of hydrogen-bond donors (Lipinski definition) is 2. The Balaban J connectivity index is 1.43. The minimum absolute atomic E-state index is 0.125. The maximum atomic E-state index is 13.1. The van der Waals surface area contributed by atoms with Crippen LogP contribution in [-0.2, 0) is 6.54 Å². The van der Waals surface area contributed by atoms with E-state index in [2.05, 4.69) is 34.5 Å².